The Labute approximate surface area is 184 Å². The van der Waals surface area contributed by atoms with Gasteiger partial charge in [0.25, 0.3) is 0 Å². The van der Waals surface area contributed by atoms with Gasteiger partial charge in [0.15, 0.2) is 5.60 Å². The smallest absolute Gasteiger partial charge is 0.237 e. The van der Waals surface area contributed by atoms with Crippen molar-refractivity contribution in [2.75, 3.05) is 10.2 Å². The van der Waals surface area contributed by atoms with Gasteiger partial charge in [-0.2, -0.15) is 0 Å². The lowest BCUT2D eigenvalue weighted by molar-refractivity contribution is -0.153. The normalized spacial score (nSPS) is 30.2. The Hall–Kier alpha value is -2.03. The van der Waals surface area contributed by atoms with Crippen LogP contribution in [-0.4, -0.2) is 38.6 Å². The van der Waals surface area contributed by atoms with E-state index in [0.29, 0.717) is 16.8 Å². The number of carbonyl (C=O) groups is 3. The zero-order valence-corrected chi connectivity index (χ0v) is 18.4. The van der Waals surface area contributed by atoms with Gasteiger partial charge in [-0.1, -0.05) is 74.3 Å². The number of ether oxygens (including phenoxy) is 1. The fraction of sp³-hybridized carbons (Fsp3) is 0.286. The maximum absolute atomic E-state index is 14.0. The number of alkyl halides is 2. The summed E-state index contributed by atoms with van der Waals surface area (Å²) in [5.74, 6) is -2.10. The van der Waals surface area contributed by atoms with Crippen LogP contribution in [0.4, 0.5) is 5.69 Å². The Morgan fingerprint density at radius 2 is 1.79 bits per heavy atom. The Bertz CT molecular complexity index is 1050. The van der Waals surface area contributed by atoms with E-state index in [0.717, 1.165) is 0 Å². The molecule has 3 aliphatic rings. The van der Waals surface area contributed by atoms with Crippen molar-refractivity contribution in [1.82, 2.24) is 4.90 Å². The fourth-order valence-corrected chi connectivity index (χ4v) is 6.05. The van der Waals surface area contributed by atoms with Crippen molar-refractivity contribution in [3.05, 3.63) is 65.7 Å². The van der Waals surface area contributed by atoms with Crippen LogP contribution in [0.3, 0.4) is 0 Å². The molecular formula is C21H16Br2N2O4. The predicted octanol–water partition coefficient (Wildman–Crippen LogP) is 3.53. The molecule has 2 bridgehead atoms. The highest BCUT2D eigenvalue weighted by molar-refractivity contribution is 9.09. The molecule has 1 spiro atoms. The number of rotatable bonds is 2. The summed E-state index contributed by atoms with van der Waals surface area (Å²) in [6.07, 6.45) is 0.502. The molecule has 3 heterocycles. The number of nitrogens with zero attached hydrogens (tertiary/aromatic N) is 2. The number of hydrogen-bond donors (Lipinski definition) is 0. The number of benzene rings is 2. The zero-order valence-electron chi connectivity index (χ0n) is 15.2. The van der Waals surface area contributed by atoms with E-state index in [4.69, 9.17) is 4.74 Å². The van der Waals surface area contributed by atoms with Gasteiger partial charge >= 0.3 is 0 Å². The van der Waals surface area contributed by atoms with Crippen LogP contribution < -0.4 is 4.90 Å². The summed E-state index contributed by atoms with van der Waals surface area (Å²) in [6.45, 7) is 0. The SMILES string of the molecule is O=C1CC[C@]23O[C@](c4ccccc4)(C(=O)c4ccccc4N12)[C@@H](Br)N3C(=O)CBr. The molecule has 0 saturated carbocycles. The molecule has 2 fully saturated rings. The Balaban J connectivity index is 1.87. The number of ketones is 1. The van der Waals surface area contributed by atoms with Gasteiger partial charge in [0.05, 0.1) is 11.0 Å². The quantitative estimate of drug-likeness (QED) is 0.449. The van der Waals surface area contributed by atoms with E-state index in [1.165, 1.54) is 9.80 Å². The lowest BCUT2D eigenvalue weighted by Gasteiger charge is -2.41. The van der Waals surface area contributed by atoms with Crippen molar-refractivity contribution in [3.8, 4) is 0 Å². The van der Waals surface area contributed by atoms with Crippen LogP contribution in [0.1, 0.15) is 28.8 Å². The van der Waals surface area contributed by atoms with Crippen LogP contribution in [-0.2, 0) is 19.9 Å². The van der Waals surface area contributed by atoms with E-state index >= 15 is 0 Å². The lowest BCUT2D eigenvalue weighted by atomic mass is 9.85. The predicted molar refractivity (Wildman–Crippen MR) is 113 cm³/mol. The molecule has 6 nitrogen and oxygen atoms in total. The number of hydrogen-bond acceptors (Lipinski definition) is 4. The van der Waals surface area contributed by atoms with Gasteiger partial charge in [-0.15, -0.1) is 0 Å². The van der Waals surface area contributed by atoms with Crippen LogP contribution in [0.25, 0.3) is 0 Å². The molecule has 0 N–H and O–H groups in total. The first-order valence-electron chi connectivity index (χ1n) is 9.22. The van der Waals surface area contributed by atoms with Gasteiger partial charge < -0.3 is 4.74 Å². The highest BCUT2D eigenvalue weighted by atomic mass is 79.9. The summed E-state index contributed by atoms with van der Waals surface area (Å²) in [4.78, 5) is 42.2. The summed E-state index contributed by atoms with van der Waals surface area (Å²) in [5.41, 5.74) is 0.0368. The highest BCUT2D eigenvalue weighted by Crippen LogP contribution is 2.58. The van der Waals surface area contributed by atoms with E-state index in [1.54, 1.807) is 24.3 Å². The second-order valence-corrected chi connectivity index (χ2v) is 8.68. The molecule has 2 saturated heterocycles. The summed E-state index contributed by atoms with van der Waals surface area (Å²) < 4.78 is 6.61. The molecule has 5 rings (SSSR count). The van der Waals surface area contributed by atoms with Crippen molar-refractivity contribution in [3.63, 3.8) is 0 Å². The van der Waals surface area contributed by atoms with E-state index in [9.17, 15) is 14.4 Å². The van der Waals surface area contributed by atoms with Gasteiger partial charge in [-0.25, -0.2) is 0 Å². The highest BCUT2D eigenvalue weighted by Gasteiger charge is 2.72. The third-order valence-corrected chi connectivity index (χ3v) is 7.37. The van der Waals surface area contributed by atoms with E-state index < -0.39 is 16.4 Å². The first-order valence-corrected chi connectivity index (χ1v) is 11.3. The molecule has 0 unspecified atom stereocenters. The third-order valence-electron chi connectivity index (χ3n) is 5.84. The minimum Gasteiger partial charge on any atom is -0.314 e. The first kappa shape index (κ1) is 19.0. The van der Waals surface area contributed by atoms with Crippen LogP contribution in [0.15, 0.2) is 54.6 Å². The molecule has 3 aliphatic heterocycles. The monoisotopic (exact) mass is 518 g/mol. The van der Waals surface area contributed by atoms with Crippen molar-refractivity contribution < 1.29 is 19.1 Å². The Morgan fingerprint density at radius 3 is 2.52 bits per heavy atom. The molecule has 29 heavy (non-hydrogen) atoms. The number of para-hydroxylation sites is 1. The molecule has 2 aromatic rings. The van der Waals surface area contributed by atoms with E-state index in [1.807, 2.05) is 30.3 Å². The molecule has 2 aromatic carbocycles. The topological polar surface area (TPSA) is 66.9 Å². The van der Waals surface area contributed by atoms with Crippen LogP contribution in [0, 0.1) is 0 Å². The molecular weight excluding hydrogens is 504 g/mol. The van der Waals surface area contributed by atoms with Crippen molar-refractivity contribution in [2.45, 2.75) is 29.2 Å². The number of carbonyl (C=O) groups excluding carboxylic acids is 3. The van der Waals surface area contributed by atoms with Crippen LogP contribution in [0.5, 0.6) is 0 Å². The molecule has 2 amide bonds. The van der Waals surface area contributed by atoms with Gasteiger partial charge in [0.2, 0.25) is 23.4 Å². The van der Waals surface area contributed by atoms with Gasteiger partial charge in [0, 0.05) is 18.4 Å². The number of Topliss-reactive ketones (excluding diaryl/α,β-unsaturated/α-hetero) is 1. The summed E-state index contributed by atoms with van der Waals surface area (Å²) in [6, 6.07) is 16.1. The maximum Gasteiger partial charge on any atom is 0.237 e. The molecule has 3 atom stereocenters. The molecule has 148 valence electrons. The Kier molecular flexibility index (Phi) is 4.24. The minimum atomic E-state index is -1.48. The number of halogens is 2. The molecule has 0 aromatic heterocycles. The molecule has 8 heteroatoms. The summed E-state index contributed by atoms with van der Waals surface area (Å²) in [5, 5.41) is 0.0446. The van der Waals surface area contributed by atoms with E-state index in [2.05, 4.69) is 31.9 Å². The van der Waals surface area contributed by atoms with E-state index in [-0.39, 0.29) is 35.8 Å². The van der Waals surface area contributed by atoms with Gasteiger partial charge in [0.1, 0.15) is 4.95 Å². The first-order chi connectivity index (χ1) is 14.0. The largest absolute Gasteiger partial charge is 0.314 e. The maximum atomic E-state index is 14.0. The summed E-state index contributed by atoms with van der Waals surface area (Å²) >= 11 is 6.87. The molecule has 0 radical (unpaired) electrons. The number of anilines is 1. The van der Waals surface area contributed by atoms with Gasteiger partial charge in [-0.05, 0) is 17.7 Å². The zero-order chi connectivity index (χ0) is 20.4. The molecule has 0 aliphatic carbocycles. The average Bonchev–Trinajstić information content (AvgIpc) is 3.18. The second-order valence-electron chi connectivity index (χ2n) is 7.26. The van der Waals surface area contributed by atoms with Crippen molar-refractivity contribution in [1.29, 1.82) is 0 Å². The summed E-state index contributed by atoms with van der Waals surface area (Å²) in [7, 11) is 0. The Morgan fingerprint density at radius 1 is 1.10 bits per heavy atom. The van der Waals surface area contributed by atoms with Crippen molar-refractivity contribution >= 4 is 55.1 Å². The number of fused-ring (bicyclic) bond motifs is 3. The average molecular weight is 520 g/mol. The second kappa shape index (κ2) is 6.48. The third kappa shape index (κ3) is 2.28. The van der Waals surface area contributed by atoms with Crippen LogP contribution in [0.2, 0.25) is 0 Å². The lowest BCUT2D eigenvalue weighted by Crippen LogP contribution is -2.60. The van der Waals surface area contributed by atoms with Crippen LogP contribution >= 0.6 is 31.9 Å². The number of amides is 2. The van der Waals surface area contributed by atoms with Crippen molar-refractivity contribution in [2.24, 2.45) is 0 Å². The standard InChI is InChI=1S/C21H16Br2N2O4/c22-12-17(27)25-19(23)21(13-6-2-1-3-7-13)18(28)14-8-4-5-9-15(14)24-16(26)10-11-20(24,25)29-21/h1-9,19H,10-12H2/t19-,20-,21+/m0/s1. The fourth-order valence-electron chi connectivity index (χ4n) is 4.66. The minimum absolute atomic E-state index is 0.0446. The van der Waals surface area contributed by atoms with Gasteiger partial charge in [-0.3, -0.25) is 24.2 Å².